The van der Waals surface area contributed by atoms with Crippen molar-refractivity contribution in [2.75, 3.05) is 13.7 Å². The van der Waals surface area contributed by atoms with Crippen LogP contribution < -0.4 is 10.1 Å². The third-order valence-corrected chi connectivity index (χ3v) is 5.98. The van der Waals surface area contributed by atoms with Crippen LogP contribution in [0.15, 0.2) is 36.4 Å². The highest BCUT2D eigenvalue weighted by Gasteiger charge is 2.17. The molecule has 0 saturated heterocycles. The third-order valence-electron chi connectivity index (χ3n) is 5.67. The molecule has 7 heteroatoms. The summed E-state index contributed by atoms with van der Waals surface area (Å²) in [4.78, 5) is 12.7. The number of ether oxygens (including phenoxy) is 1. The van der Waals surface area contributed by atoms with Crippen LogP contribution >= 0.6 is 12.2 Å². The van der Waals surface area contributed by atoms with E-state index in [-0.39, 0.29) is 17.9 Å². The van der Waals surface area contributed by atoms with Crippen LogP contribution in [0, 0.1) is 18.6 Å². The molecule has 1 aromatic heterocycles. The molecule has 0 aliphatic heterocycles. The number of aromatic amines is 1. The zero-order chi connectivity index (χ0) is 23.5. The third kappa shape index (κ3) is 5.46. The van der Waals surface area contributed by atoms with E-state index in [2.05, 4.69) is 62.3 Å². The van der Waals surface area contributed by atoms with Crippen molar-refractivity contribution in [3.8, 4) is 17.1 Å². The zero-order valence-electron chi connectivity index (χ0n) is 19.7. The Morgan fingerprint density at radius 2 is 1.78 bits per heavy atom. The van der Waals surface area contributed by atoms with Gasteiger partial charge in [-0.25, -0.2) is 0 Å². The Morgan fingerprint density at radius 3 is 2.34 bits per heavy atom. The molecule has 0 bridgehead atoms. The summed E-state index contributed by atoms with van der Waals surface area (Å²) in [7, 11) is 1.62. The molecule has 170 valence electrons. The molecule has 3 aromatic rings. The number of benzene rings is 2. The van der Waals surface area contributed by atoms with Crippen LogP contribution in [-0.4, -0.2) is 34.3 Å². The van der Waals surface area contributed by atoms with Gasteiger partial charge in [-0.05, 0) is 84.4 Å². The first-order chi connectivity index (χ1) is 15.1. The summed E-state index contributed by atoms with van der Waals surface area (Å²) < 4.78 is 7.33. The number of nitrogens with one attached hydrogen (secondary N) is 2. The van der Waals surface area contributed by atoms with Crippen molar-refractivity contribution >= 4 is 18.1 Å². The molecule has 0 unspecified atom stereocenters. The molecule has 2 N–H and O–H groups in total. The highest BCUT2D eigenvalue weighted by Crippen LogP contribution is 2.27. The molecule has 0 atom stereocenters. The average molecular weight is 453 g/mol. The van der Waals surface area contributed by atoms with Gasteiger partial charge in [0.15, 0.2) is 10.6 Å². The summed E-state index contributed by atoms with van der Waals surface area (Å²) in [5.41, 5.74) is 6.13. The van der Waals surface area contributed by atoms with Gasteiger partial charge < -0.3 is 10.1 Å². The van der Waals surface area contributed by atoms with Crippen molar-refractivity contribution in [2.45, 2.75) is 53.0 Å². The fraction of sp³-hybridized carbons (Fsp3) is 0.400. The van der Waals surface area contributed by atoms with Crippen molar-refractivity contribution in [3.63, 3.8) is 0 Å². The van der Waals surface area contributed by atoms with Gasteiger partial charge in [-0.2, -0.15) is 5.10 Å². The van der Waals surface area contributed by atoms with Crippen LogP contribution in [0.4, 0.5) is 0 Å². The van der Waals surface area contributed by atoms with E-state index in [0.717, 1.165) is 17.7 Å². The van der Waals surface area contributed by atoms with Crippen LogP contribution in [0.3, 0.4) is 0 Å². The van der Waals surface area contributed by atoms with Crippen molar-refractivity contribution in [3.05, 3.63) is 63.4 Å². The molecule has 0 aliphatic carbocycles. The molecule has 0 spiro atoms. The molecule has 0 aliphatic rings. The lowest BCUT2D eigenvalue weighted by atomic mass is 9.83. The maximum Gasteiger partial charge on any atom is 0.240 e. The van der Waals surface area contributed by atoms with E-state index >= 15 is 0 Å². The molecule has 6 nitrogen and oxygen atoms in total. The summed E-state index contributed by atoms with van der Waals surface area (Å²) in [6.07, 6.45) is 0.788. The Kier molecular flexibility index (Phi) is 7.19. The van der Waals surface area contributed by atoms with Gasteiger partial charge in [0.1, 0.15) is 12.3 Å². The van der Waals surface area contributed by atoms with E-state index < -0.39 is 0 Å². The summed E-state index contributed by atoms with van der Waals surface area (Å²) in [6, 6.07) is 12.0. The first-order valence-electron chi connectivity index (χ1n) is 10.8. The maximum absolute atomic E-state index is 12.7. The minimum atomic E-state index is -0.0983. The molecule has 32 heavy (non-hydrogen) atoms. The van der Waals surface area contributed by atoms with E-state index in [4.69, 9.17) is 17.0 Å². The second-order valence-electron chi connectivity index (χ2n) is 9.11. The number of methoxy groups -OCH3 is 1. The number of carbonyl (C=O) groups is 1. The second-order valence-corrected chi connectivity index (χ2v) is 9.49. The van der Waals surface area contributed by atoms with E-state index in [1.165, 1.54) is 22.3 Å². The minimum absolute atomic E-state index is 0.0983. The lowest BCUT2D eigenvalue weighted by Gasteiger charge is -2.22. The molecule has 0 fully saturated rings. The number of carbonyl (C=O) groups excluding carboxylic acids is 1. The summed E-state index contributed by atoms with van der Waals surface area (Å²) in [6.45, 7) is 11.6. The van der Waals surface area contributed by atoms with Gasteiger partial charge in [0.05, 0.1) is 7.11 Å². The smallest absolute Gasteiger partial charge is 0.240 e. The number of aryl methyl sites for hydroxylation is 2. The Morgan fingerprint density at radius 1 is 1.16 bits per heavy atom. The highest BCUT2D eigenvalue weighted by atomic mass is 32.1. The molecule has 0 radical (unpaired) electrons. The quantitative estimate of drug-likeness (QED) is 0.501. The number of hydrogen-bond acceptors (Lipinski definition) is 4. The van der Waals surface area contributed by atoms with Crippen LogP contribution in [-0.2, 0) is 23.2 Å². The fourth-order valence-electron chi connectivity index (χ4n) is 3.77. The monoisotopic (exact) mass is 452 g/mol. The molecule has 3 rings (SSSR count). The number of H-pyrrole nitrogens is 1. The summed E-state index contributed by atoms with van der Waals surface area (Å²) in [5.74, 6) is 1.28. The number of nitrogens with zero attached hydrogens (tertiary/aromatic N) is 2. The van der Waals surface area contributed by atoms with Crippen molar-refractivity contribution in [2.24, 2.45) is 0 Å². The van der Waals surface area contributed by atoms with Crippen molar-refractivity contribution in [1.29, 1.82) is 0 Å². The minimum Gasteiger partial charge on any atom is -0.497 e. The van der Waals surface area contributed by atoms with Gasteiger partial charge in [0.2, 0.25) is 5.91 Å². The lowest BCUT2D eigenvalue weighted by Crippen LogP contribution is -2.30. The van der Waals surface area contributed by atoms with Gasteiger partial charge in [-0.1, -0.05) is 32.9 Å². The van der Waals surface area contributed by atoms with Crippen LogP contribution in [0.2, 0.25) is 0 Å². The van der Waals surface area contributed by atoms with Crippen LogP contribution in [0.1, 0.15) is 43.0 Å². The van der Waals surface area contributed by atoms with E-state index in [9.17, 15) is 4.79 Å². The first kappa shape index (κ1) is 23.7. The molecule has 1 amide bonds. The SMILES string of the molecule is COc1ccc(-c2n[nH]c(=S)n2CC(=O)NCCc2c(C)cc(C(C)(C)C)cc2C)cc1. The standard InChI is InChI=1S/C25H32N4O2S/c1-16-13-19(25(3,4)5)14-17(2)21(16)11-12-26-22(30)15-29-23(27-28-24(29)32)18-7-9-20(31-6)10-8-18/h7-10,13-14H,11-12,15H2,1-6H3,(H,26,30)(H,28,32). The summed E-state index contributed by atoms with van der Waals surface area (Å²) >= 11 is 5.35. The van der Waals surface area contributed by atoms with Gasteiger partial charge >= 0.3 is 0 Å². The predicted octanol–water partition coefficient (Wildman–Crippen LogP) is 4.89. The molecule has 2 aromatic carbocycles. The Bertz CT molecular complexity index is 1130. The Balaban J connectivity index is 1.65. The number of rotatable bonds is 7. The number of aromatic nitrogens is 3. The lowest BCUT2D eigenvalue weighted by molar-refractivity contribution is -0.121. The maximum atomic E-state index is 12.7. The van der Waals surface area contributed by atoms with Gasteiger partial charge in [0.25, 0.3) is 0 Å². The van der Waals surface area contributed by atoms with Crippen molar-refractivity contribution in [1.82, 2.24) is 20.1 Å². The zero-order valence-corrected chi connectivity index (χ0v) is 20.5. The average Bonchev–Trinajstić information content (AvgIpc) is 3.09. The van der Waals surface area contributed by atoms with E-state index in [1.54, 1.807) is 11.7 Å². The molecular formula is C25H32N4O2S. The van der Waals surface area contributed by atoms with Gasteiger partial charge in [0, 0.05) is 12.1 Å². The normalized spacial score (nSPS) is 11.4. The largest absolute Gasteiger partial charge is 0.497 e. The van der Waals surface area contributed by atoms with Gasteiger partial charge in [-0.15, -0.1) is 0 Å². The first-order valence-corrected chi connectivity index (χ1v) is 11.2. The van der Waals surface area contributed by atoms with Gasteiger partial charge in [-0.3, -0.25) is 14.5 Å². The van der Waals surface area contributed by atoms with E-state index in [1.807, 2.05) is 24.3 Å². The Hall–Kier alpha value is -2.93. The fourth-order valence-corrected chi connectivity index (χ4v) is 3.97. The topological polar surface area (TPSA) is 71.9 Å². The predicted molar refractivity (Wildman–Crippen MR) is 131 cm³/mol. The molecular weight excluding hydrogens is 420 g/mol. The second kappa shape index (κ2) is 9.69. The van der Waals surface area contributed by atoms with Crippen LogP contribution in [0.25, 0.3) is 11.4 Å². The Labute approximate surface area is 195 Å². The van der Waals surface area contributed by atoms with Crippen molar-refractivity contribution < 1.29 is 9.53 Å². The number of amides is 1. The summed E-state index contributed by atoms with van der Waals surface area (Å²) in [5, 5.41) is 10.1. The number of hydrogen-bond donors (Lipinski definition) is 2. The highest BCUT2D eigenvalue weighted by molar-refractivity contribution is 7.71. The molecule has 0 saturated carbocycles. The van der Waals surface area contributed by atoms with Crippen LogP contribution in [0.5, 0.6) is 5.75 Å². The molecule has 1 heterocycles. The van der Waals surface area contributed by atoms with E-state index in [0.29, 0.717) is 17.1 Å².